The number of alkyl halides is 3. The lowest BCUT2D eigenvalue weighted by atomic mass is 10.2. The fraction of sp³-hybridized carbons (Fsp3) is 0.0833. The lowest BCUT2D eigenvalue weighted by Gasteiger charge is -2.07. The van der Waals surface area contributed by atoms with Gasteiger partial charge in [-0.2, -0.15) is 29.0 Å². The van der Waals surface area contributed by atoms with Gasteiger partial charge in [0.05, 0.1) is 0 Å². The minimum absolute atomic E-state index is 0.00803. The number of benzene rings is 1. The third-order valence-electron chi connectivity index (χ3n) is 1.94. The summed E-state index contributed by atoms with van der Waals surface area (Å²) >= 11 is -0.260. The van der Waals surface area contributed by atoms with Gasteiger partial charge in [-0.3, -0.25) is 0 Å². The first-order valence-corrected chi connectivity index (χ1v) is 5.78. The first kappa shape index (κ1) is 15.4. The zero-order chi connectivity index (χ0) is 15.2. The van der Waals surface area contributed by atoms with Crippen LogP contribution in [0.15, 0.2) is 40.4 Å². The average Bonchev–Trinajstić information content (AvgIpc) is 2.39. The number of nitrogens with zero attached hydrogens (tertiary/aromatic N) is 3. The van der Waals surface area contributed by atoms with Crippen LogP contribution in [0.1, 0.15) is 0 Å². The van der Waals surface area contributed by atoms with Crippen molar-refractivity contribution in [1.82, 2.24) is 0 Å². The highest BCUT2D eigenvalue weighted by Crippen LogP contribution is 2.37. The van der Waals surface area contributed by atoms with Gasteiger partial charge in [-0.15, -0.1) is 0 Å². The van der Waals surface area contributed by atoms with Crippen molar-refractivity contribution < 1.29 is 13.2 Å². The molecule has 0 amide bonds. The van der Waals surface area contributed by atoms with Crippen LogP contribution in [0.3, 0.4) is 0 Å². The Morgan fingerprint density at radius 3 is 1.95 bits per heavy atom. The molecule has 8 heteroatoms. The first-order chi connectivity index (χ1) is 9.39. The molecule has 1 aromatic rings. The molecule has 0 atom stereocenters. The van der Waals surface area contributed by atoms with E-state index in [0.717, 1.165) is 0 Å². The molecule has 0 aliphatic carbocycles. The minimum Gasteiger partial charge on any atom is -0.345 e. The number of thioether (sulfide) groups is 1. The predicted molar refractivity (Wildman–Crippen MR) is 65.8 cm³/mol. The van der Waals surface area contributed by atoms with Crippen molar-refractivity contribution in [3.8, 4) is 18.2 Å². The maximum absolute atomic E-state index is 12.1. The van der Waals surface area contributed by atoms with Crippen LogP contribution >= 0.6 is 11.8 Å². The van der Waals surface area contributed by atoms with Crippen molar-refractivity contribution in [3.05, 3.63) is 35.5 Å². The highest BCUT2D eigenvalue weighted by atomic mass is 32.2. The van der Waals surface area contributed by atoms with Crippen molar-refractivity contribution in [1.29, 1.82) is 15.8 Å². The molecule has 0 bridgehead atoms. The van der Waals surface area contributed by atoms with Crippen molar-refractivity contribution in [2.24, 2.45) is 0 Å². The Bertz CT molecular complexity index is 626. The average molecular weight is 294 g/mol. The Morgan fingerprint density at radius 1 is 1.00 bits per heavy atom. The van der Waals surface area contributed by atoms with Gasteiger partial charge in [0.2, 0.25) is 0 Å². The van der Waals surface area contributed by atoms with Gasteiger partial charge in [-0.1, -0.05) is 0 Å². The van der Waals surface area contributed by atoms with Gasteiger partial charge >= 0.3 is 5.51 Å². The number of anilines is 1. The standard InChI is InChI=1S/C12H5F3N4S/c13-12(14,15)20-10-3-1-9(2-4-10)19-11(7-18)8(5-16)6-17/h1-4,19H. The van der Waals surface area contributed by atoms with E-state index in [4.69, 9.17) is 15.8 Å². The predicted octanol–water partition coefficient (Wildman–Crippen LogP) is 3.54. The molecule has 0 fully saturated rings. The molecule has 1 rings (SSSR count). The monoisotopic (exact) mass is 294 g/mol. The maximum atomic E-state index is 12.1. The van der Waals surface area contributed by atoms with E-state index in [2.05, 4.69) is 5.32 Å². The number of hydrogen-bond acceptors (Lipinski definition) is 5. The van der Waals surface area contributed by atoms with E-state index in [1.54, 1.807) is 18.2 Å². The van der Waals surface area contributed by atoms with Crippen molar-refractivity contribution in [2.75, 3.05) is 5.32 Å². The van der Waals surface area contributed by atoms with Crippen LogP contribution in [0, 0.1) is 34.0 Å². The normalized spacial score (nSPS) is 9.80. The van der Waals surface area contributed by atoms with Crippen molar-refractivity contribution in [3.63, 3.8) is 0 Å². The first-order valence-electron chi connectivity index (χ1n) is 4.97. The molecule has 0 aliphatic heterocycles. The Morgan fingerprint density at radius 2 is 1.55 bits per heavy atom. The van der Waals surface area contributed by atoms with Gasteiger partial charge in [-0.25, -0.2) is 0 Å². The van der Waals surface area contributed by atoms with Crippen molar-refractivity contribution >= 4 is 17.4 Å². The SMILES string of the molecule is N#CC(C#N)=C(C#N)Nc1ccc(SC(F)(F)F)cc1. The van der Waals surface area contributed by atoms with Crippen molar-refractivity contribution in [2.45, 2.75) is 10.4 Å². The summed E-state index contributed by atoms with van der Waals surface area (Å²) in [5, 5.41) is 28.6. The summed E-state index contributed by atoms with van der Waals surface area (Å²) in [7, 11) is 0. The zero-order valence-corrected chi connectivity index (χ0v) is 10.5. The van der Waals surface area contributed by atoms with Crippen LogP contribution in [0.4, 0.5) is 18.9 Å². The molecular formula is C12H5F3N4S. The molecule has 0 heterocycles. The maximum Gasteiger partial charge on any atom is 0.446 e. The molecule has 1 N–H and O–H groups in total. The summed E-state index contributed by atoms with van der Waals surface area (Å²) in [5.41, 5.74) is -4.73. The Kier molecular flexibility index (Phi) is 5.02. The summed E-state index contributed by atoms with van der Waals surface area (Å²) in [5.74, 6) is 0. The van der Waals surface area contributed by atoms with E-state index in [1.807, 2.05) is 0 Å². The molecule has 0 spiro atoms. The molecule has 100 valence electrons. The molecule has 4 nitrogen and oxygen atoms in total. The van der Waals surface area contributed by atoms with Gasteiger partial charge in [0.1, 0.15) is 23.9 Å². The Balaban J connectivity index is 2.92. The summed E-state index contributed by atoms with van der Waals surface area (Å²) in [6.45, 7) is 0. The van der Waals surface area contributed by atoms with Crippen LogP contribution in [0.5, 0.6) is 0 Å². The Labute approximate surface area is 116 Å². The summed E-state index contributed by atoms with van der Waals surface area (Å²) in [4.78, 5) is -0.00803. The van der Waals surface area contributed by atoms with E-state index in [0.29, 0.717) is 5.69 Å². The van der Waals surface area contributed by atoms with Crippen LogP contribution in [-0.4, -0.2) is 5.51 Å². The highest BCUT2D eigenvalue weighted by molar-refractivity contribution is 8.00. The second-order valence-corrected chi connectivity index (χ2v) is 4.42. The van der Waals surface area contributed by atoms with Gasteiger partial charge in [0.25, 0.3) is 0 Å². The van der Waals surface area contributed by atoms with E-state index in [1.165, 1.54) is 24.3 Å². The molecule has 0 unspecified atom stereocenters. The zero-order valence-electron chi connectivity index (χ0n) is 9.69. The molecule has 0 saturated carbocycles. The second-order valence-electron chi connectivity index (χ2n) is 3.28. The largest absolute Gasteiger partial charge is 0.446 e. The van der Waals surface area contributed by atoms with E-state index in [9.17, 15) is 13.2 Å². The van der Waals surface area contributed by atoms with E-state index in [-0.39, 0.29) is 22.4 Å². The lowest BCUT2D eigenvalue weighted by Crippen LogP contribution is -2.01. The van der Waals surface area contributed by atoms with Gasteiger partial charge in [0.15, 0.2) is 5.57 Å². The van der Waals surface area contributed by atoms with Gasteiger partial charge in [0, 0.05) is 10.6 Å². The molecule has 0 saturated heterocycles. The molecule has 0 aliphatic rings. The number of nitrogens with one attached hydrogen (secondary N) is 1. The number of rotatable bonds is 3. The quantitative estimate of drug-likeness (QED) is 0.681. The third-order valence-corrected chi connectivity index (χ3v) is 2.68. The molecular weight excluding hydrogens is 289 g/mol. The van der Waals surface area contributed by atoms with Gasteiger partial charge < -0.3 is 5.32 Å². The van der Waals surface area contributed by atoms with Gasteiger partial charge in [-0.05, 0) is 36.0 Å². The molecule has 1 aromatic carbocycles. The number of allylic oxidation sites excluding steroid dienone is 2. The second kappa shape index (κ2) is 6.51. The minimum atomic E-state index is -4.37. The lowest BCUT2D eigenvalue weighted by molar-refractivity contribution is -0.0328. The molecule has 0 radical (unpaired) electrons. The number of halogens is 3. The summed E-state index contributed by atoms with van der Waals surface area (Å²) < 4.78 is 36.4. The third kappa shape index (κ3) is 4.56. The summed E-state index contributed by atoms with van der Waals surface area (Å²) in [6, 6.07) is 9.80. The topological polar surface area (TPSA) is 83.4 Å². The fourth-order valence-corrected chi connectivity index (χ4v) is 1.71. The van der Waals surface area contributed by atoms with Crippen LogP contribution in [0.2, 0.25) is 0 Å². The van der Waals surface area contributed by atoms with E-state index >= 15 is 0 Å². The smallest absolute Gasteiger partial charge is 0.345 e. The number of hydrogen-bond donors (Lipinski definition) is 1. The Hall–Kier alpha value is -2.63. The van der Waals surface area contributed by atoms with Crippen LogP contribution in [0.25, 0.3) is 0 Å². The highest BCUT2D eigenvalue weighted by Gasteiger charge is 2.28. The van der Waals surface area contributed by atoms with Crippen LogP contribution < -0.4 is 5.32 Å². The fourth-order valence-electron chi connectivity index (χ4n) is 1.17. The molecule has 0 aromatic heterocycles. The van der Waals surface area contributed by atoms with E-state index < -0.39 is 11.1 Å². The summed E-state index contributed by atoms with van der Waals surface area (Å²) in [6.07, 6.45) is 0. The number of nitriles is 3. The molecule has 20 heavy (non-hydrogen) atoms. The van der Waals surface area contributed by atoms with Crippen LogP contribution in [-0.2, 0) is 0 Å².